The Morgan fingerprint density at radius 1 is 1.39 bits per heavy atom. The molecule has 0 aliphatic carbocycles. The van der Waals surface area contributed by atoms with E-state index in [4.69, 9.17) is 0 Å². The standard InChI is InChI=1S/C11H9N3O3S/c1-6(15)9-8(11(16)17-2)14-10(18-9)7-3-4-12-5-13-7/h3-5H,1-2H3. The SMILES string of the molecule is COC(=O)c1nc(-c2ccncn2)sc1C(C)=O. The van der Waals surface area contributed by atoms with Crippen molar-refractivity contribution in [1.82, 2.24) is 15.0 Å². The molecule has 0 spiro atoms. The molecular weight excluding hydrogens is 254 g/mol. The smallest absolute Gasteiger partial charge is 0.358 e. The van der Waals surface area contributed by atoms with Crippen LogP contribution < -0.4 is 0 Å². The van der Waals surface area contributed by atoms with Crippen molar-refractivity contribution in [1.29, 1.82) is 0 Å². The third-order valence-electron chi connectivity index (χ3n) is 2.13. The number of thiazole rings is 1. The third-order valence-corrected chi connectivity index (χ3v) is 3.31. The summed E-state index contributed by atoms with van der Waals surface area (Å²) >= 11 is 1.11. The number of carbonyl (C=O) groups is 2. The maximum atomic E-state index is 11.5. The summed E-state index contributed by atoms with van der Waals surface area (Å²) in [6.07, 6.45) is 2.94. The summed E-state index contributed by atoms with van der Waals surface area (Å²) in [6, 6.07) is 1.66. The second kappa shape index (κ2) is 5.01. The molecule has 18 heavy (non-hydrogen) atoms. The van der Waals surface area contributed by atoms with Crippen molar-refractivity contribution >= 4 is 23.1 Å². The van der Waals surface area contributed by atoms with Crippen molar-refractivity contribution in [2.75, 3.05) is 7.11 Å². The number of hydrogen-bond donors (Lipinski definition) is 0. The summed E-state index contributed by atoms with van der Waals surface area (Å²) in [6.45, 7) is 1.38. The normalized spacial score (nSPS) is 10.1. The van der Waals surface area contributed by atoms with E-state index in [-0.39, 0.29) is 16.4 Å². The van der Waals surface area contributed by atoms with Gasteiger partial charge in [-0.25, -0.2) is 19.7 Å². The van der Waals surface area contributed by atoms with E-state index in [2.05, 4.69) is 19.7 Å². The highest BCUT2D eigenvalue weighted by Gasteiger charge is 2.22. The van der Waals surface area contributed by atoms with Crippen molar-refractivity contribution in [3.63, 3.8) is 0 Å². The van der Waals surface area contributed by atoms with E-state index in [9.17, 15) is 9.59 Å². The zero-order chi connectivity index (χ0) is 13.1. The number of nitrogens with zero attached hydrogens (tertiary/aromatic N) is 3. The number of aromatic nitrogens is 3. The van der Waals surface area contributed by atoms with Crippen molar-refractivity contribution < 1.29 is 14.3 Å². The largest absolute Gasteiger partial charge is 0.464 e. The quantitative estimate of drug-likeness (QED) is 0.617. The van der Waals surface area contributed by atoms with Gasteiger partial charge in [0.15, 0.2) is 11.5 Å². The molecule has 92 valence electrons. The zero-order valence-corrected chi connectivity index (χ0v) is 10.5. The van der Waals surface area contributed by atoms with E-state index in [1.807, 2.05) is 0 Å². The Hall–Kier alpha value is -2.15. The van der Waals surface area contributed by atoms with Crippen LogP contribution in [0.2, 0.25) is 0 Å². The zero-order valence-electron chi connectivity index (χ0n) is 9.71. The van der Waals surface area contributed by atoms with Crippen LogP contribution in [-0.2, 0) is 4.74 Å². The predicted molar refractivity (Wildman–Crippen MR) is 64.5 cm³/mol. The van der Waals surface area contributed by atoms with Crippen LogP contribution in [0.25, 0.3) is 10.7 Å². The molecule has 2 heterocycles. The molecule has 0 radical (unpaired) electrons. The lowest BCUT2D eigenvalue weighted by atomic mass is 10.3. The number of ketones is 1. The molecule has 0 saturated heterocycles. The first-order valence-electron chi connectivity index (χ1n) is 5.00. The van der Waals surface area contributed by atoms with Crippen LogP contribution in [-0.4, -0.2) is 33.8 Å². The van der Waals surface area contributed by atoms with Crippen LogP contribution in [0, 0.1) is 0 Å². The second-order valence-corrected chi connectivity index (χ2v) is 4.34. The van der Waals surface area contributed by atoms with Crippen molar-refractivity contribution in [2.24, 2.45) is 0 Å². The molecule has 0 aliphatic heterocycles. The van der Waals surface area contributed by atoms with Crippen LogP contribution in [0.5, 0.6) is 0 Å². The number of carbonyl (C=O) groups excluding carboxylic acids is 2. The first-order valence-corrected chi connectivity index (χ1v) is 5.81. The number of hydrogen-bond acceptors (Lipinski definition) is 7. The summed E-state index contributed by atoms with van der Waals surface area (Å²) in [4.78, 5) is 35.2. The van der Waals surface area contributed by atoms with Crippen LogP contribution >= 0.6 is 11.3 Å². The van der Waals surface area contributed by atoms with E-state index >= 15 is 0 Å². The van der Waals surface area contributed by atoms with E-state index in [0.29, 0.717) is 10.7 Å². The lowest BCUT2D eigenvalue weighted by Gasteiger charge is -1.95. The molecule has 0 aromatic carbocycles. The predicted octanol–water partition coefficient (Wildman–Crippen LogP) is 1.59. The van der Waals surface area contributed by atoms with Gasteiger partial charge in [-0.15, -0.1) is 11.3 Å². The topological polar surface area (TPSA) is 82.0 Å². The molecule has 7 heteroatoms. The van der Waals surface area contributed by atoms with Crippen molar-refractivity contribution in [3.05, 3.63) is 29.2 Å². The molecule has 0 amide bonds. The minimum Gasteiger partial charge on any atom is -0.464 e. The van der Waals surface area contributed by atoms with Crippen LogP contribution in [0.1, 0.15) is 27.1 Å². The van der Waals surface area contributed by atoms with E-state index in [0.717, 1.165) is 11.3 Å². The first-order chi connectivity index (χ1) is 8.63. The average molecular weight is 263 g/mol. The Bertz CT molecular complexity index is 595. The molecule has 6 nitrogen and oxygen atoms in total. The molecule has 0 N–H and O–H groups in total. The molecule has 0 saturated carbocycles. The summed E-state index contributed by atoms with van der Waals surface area (Å²) in [5, 5.41) is 0.489. The van der Waals surface area contributed by atoms with Gasteiger partial charge < -0.3 is 4.74 Å². The van der Waals surface area contributed by atoms with Gasteiger partial charge in [-0.2, -0.15) is 0 Å². The Labute approximate surface area is 107 Å². The molecule has 0 fully saturated rings. The molecule has 0 atom stereocenters. The van der Waals surface area contributed by atoms with Gasteiger partial charge in [0.2, 0.25) is 0 Å². The summed E-state index contributed by atoms with van der Waals surface area (Å²) in [5.74, 6) is -0.857. The van der Waals surface area contributed by atoms with Gasteiger partial charge in [-0.05, 0) is 6.07 Å². The molecular formula is C11H9N3O3S. The van der Waals surface area contributed by atoms with E-state index in [1.54, 1.807) is 12.3 Å². The Balaban J connectivity index is 2.53. The highest BCUT2D eigenvalue weighted by Crippen LogP contribution is 2.27. The molecule has 2 aromatic heterocycles. The highest BCUT2D eigenvalue weighted by atomic mass is 32.1. The molecule has 0 aliphatic rings. The Morgan fingerprint density at radius 2 is 2.17 bits per heavy atom. The third kappa shape index (κ3) is 2.25. The molecule has 2 rings (SSSR count). The maximum Gasteiger partial charge on any atom is 0.358 e. The molecule has 0 unspecified atom stereocenters. The fraction of sp³-hybridized carbons (Fsp3) is 0.182. The average Bonchev–Trinajstić information content (AvgIpc) is 2.84. The van der Waals surface area contributed by atoms with Gasteiger partial charge in [0.05, 0.1) is 7.11 Å². The molecule has 0 bridgehead atoms. The fourth-order valence-electron chi connectivity index (χ4n) is 1.32. The van der Waals surface area contributed by atoms with Crippen LogP contribution in [0.3, 0.4) is 0 Å². The minimum absolute atomic E-state index is 0.0311. The molecule has 2 aromatic rings. The summed E-state index contributed by atoms with van der Waals surface area (Å²) in [5.41, 5.74) is 0.594. The number of ether oxygens (including phenoxy) is 1. The Morgan fingerprint density at radius 3 is 2.72 bits per heavy atom. The summed E-state index contributed by atoms with van der Waals surface area (Å²) < 4.78 is 4.60. The number of Topliss-reactive ketones (excluding diaryl/α,β-unsaturated/α-hetero) is 1. The van der Waals surface area contributed by atoms with Gasteiger partial charge in [-0.3, -0.25) is 4.79 Å². The number of rotatable bonds is 3. The summed E-state index contributed by atoms with van der Waals surface area (Å²) in [7, 11) is 1.25. The van der Waals surface area contributed by atoms with Gasteiger partial charge in [0, 0.05) is 13.1 Å². The number of methoxy groups -OCH3 is 1. The van der Waals surface area contributed by atoms with Gasteiger partial charge in [0.25, 0.3) is 0 Å². The van der Waals surface area contributed by atoms with Crippen molar-refractivity contribution in [2.45, 2.75) is 6.92 Å². The lowest BCUT2D eigenvalue weighted by Crippen LogP contribution is -2.06. The van der Waals surface area contributed by atoms with E-state index < -0.39 is 5.97 Å². The fourth-order valence-corrected chi connectivity index (χ4v) is 2.25. The van der Waals surface area contributed by atoms with Gasteiger partial charge in [0.1, 0.15) is 21.9 Å². The van der Waals surface area contributed by atoms with Gasteiger partial charge >= 0.3 is 5.97 Å². The highest BCUT2D eigenvalue weighted by molar-refractivity contribution is 7.17. The van der Waals surface area contributed by atoms with Crippen LogP contribution in [0.15, 0.2) is 18.6 Å². The monoisotopic (exact) mass is 263 g/mol. The second-order valence-electron chi connectivity index (χ2n) is 3.34. The number of esters is 1. The van der Waals surface area contributed by atoms with Crippen molar-refractivity contribution in [3.8, 4) is 10.7 Å². The lowest BCUT2D eigenvalue weighted by molar-refractivity contribution is 0.0591. The minimum atomic E-state index is -0.628. The maximum absolute atomic E-state index is 11.5. The van der Waals surface area contributed by atoms with Gasteiger partial charge in [-0.1, -0.05) is 0 Å². The van der Waals surface area contributed by atoms with Crippen LogP contribution in [0.4, 0.5) is 0 Å². The first kappa shape index (κ1) is 12.3. The Kier molecular flexibility index (Phi) is 3.42. The van der Waals surface area contributed by atoms with E-state index in [1.165, 1.54) is 20.4 Å².